The highest BCUT2D eigenvalue weighted by molar-refractivity contribution is 9.10. The Morgan fingerprint density at radius 1 is 0.741 bits per heavy atom. The number of benzene rings is 3. The summed E-state index contributed by atoms with van der Waals surface area (Å²) in [5, 5.41) is 0. The minimum atomic E-state index is -0.994. The third-order valence-corrected chi connectivity index (χ3v) is 5.55. The molecular formula is C22H16Br2O3. The van der Waals surface area contributed by atoms with Crippen LogP contribution < -0.4 is 0 Å². The van der Waals surface area contributed by atoms with Gasteiger partial charge in [0.1, 0.15) is 0 Å². The lowest BCUT2D eigenvalue weighted by Crippen LogP contribution is -2.31. The normalized spacial score (nSPS) is 12.8. The van der Waals surface area contributed by atoms with Crippen LogP contribution in [0.25, 0.3) is 0 Å². The van der Waals surface area contributed by atoms with Crippen molar-refractivity contribution in [2.24, 2.45) is 0 Å². The molecular weight excluding hydrogens is 472 g/mol. The van der Waals surface area contributed by atoms with Crippen LogP contribution in [0.3, 0.4) is 0 Å². The molecule has 27 heavy (non-hydrogen) atoms. The summed E-state index contributed by atoms with van der Waals surface area (Å²) in [5.74, 6) is -0.802. The second kappa shape index (κ2) is 9.11. The van der Waals surface area contributed by atoms with Crippen molar-refractivity contribution in [2.45, 2.75) is 10.9 Å². The Bertz CT molecular complexity index is 909. The molecule has 0 fully saturated rings. The number of carbonyl (C=O) groups is 2. The summed E-state index contributed by atoms with van der Waals surface area (Å²) in [5.41, 5.74) is 1.73. The van der Waals surface area contributed by atoms with E-state index in [1.807, 2.05) is 36.4 Å². The molecule has 0 heterocycles. The van der Waals surface area contributed by atoms with Crippen molar-refractivity contribution in [3.05, 3.63) is 106 Å². The van der Waals surface area contributed by atoms with Gasteiger partial charge in [-0.1, -0.05) is 92.5 Å². The van der Waals surface area contributed by atoms with Gasteiger partial charge in [-0.3, -0.25) is 4.79 Å². The van der Waals surface area contributed by atoms with Crippen LogP contribution in [0.4, 0.5) is 0 Å². The van der Waals surface area contributed by atoms with Crippen LogP contribution >= 0.6 is 31.9 Å². The second-order valence-electron chi connectivity index (χ2n) is 5.88. The molecule has 0 radical (unpaired) electrons. The van der Waals surface area contributed by atoms with Crippen LogP contribution in [-0.4, -0.2) is 17.9 Å². The SMILES string of the molecule is O=C(O[C@H](C(=O)c1ccccc1)[C@H](Br)c1ccccc1)c1ccc(Br)cc1. The summed E-state index contributed by atoms with van der Waals surface area (Å²) in [6.07, 6.45) is -0.994. The number of esters is 1. The van der Waals surface area contributed by atoms with Gasteiger partial charge in [0.25, 0.3) is 0 Å². The van der Waals surface area contributed by atoms with Gasteiger partial charge in [-0.2, -0.15) is 0 Å². The molecule has 0 unspecified atom stereocenters. The number of rotatable bonds is 6. The van der Waals surface area contributed by atoms with Gasteiger partial charge in [0, 0.05) is 10.0 Å². The highest BCUT2D eigenvalue weighted by Gasteiger charge is 2.32. The maximum atomic E-state index is 13.1. The van der Waals surface area contributed by atoms with Crippen LogP contribution in [0.2, 0.25) is 0 Å². The molecule has 3 aromatic carbocycles. The molecule has 0 saturated carbocycles. The number of carbonyl (C=O) groups excluding carboxylic acids is 2. The minimum Gasteiger partial charge on any atom is -0.449 e. The molecule has 0 aromatic heterocycles. The Morgan fingerprint density at radius 3 is 1.89 bits per heavy atom. The molecule has 0 bridgehead atoms. The molecule has 3 rings (SSSR count). The molecule has 136 valence electrons. The number of halogens is 2. The van der Waals surface area contributed by atoms with E-state index >= 15 is 0 Å². The number of Topliss-reactive ketones (excluding diaryl/α,β-unsaturated/α-hetero) is 1. The molecule has 0 amide bonds. The van der Waals surface area contributed by atoms with Crippen molar-refractivity contribution < 1.29 is 14.3 Å². The zero-order valence-corrected chi connectivity index (χ0v) is 17.4. The van der Waals surface area contributed by atoms with E-state index in [0.29, 0.717) is 11.1 Å². The van der Waals surface area contributed by atoms with E-state index in [2.05, 4.69) is 31.9 Å². The fourth-order valence-electron chi connectivity index (χ4n) is 2.59. The van der Waals surface area contributed by atoms with Crippen molar-refractivity contribution in [3.63, 3.8) is 0 Å². The molecule has 3 aromatic rings. The highest BCUT2D eigenvalue weighted by Crippen LogP contribution is 2.31. The van der Waals surface area contributed by atoms with Crippen molar-refractivity contribution in [1.82, 2.24) is 0 Å². The number of hydrogen-bond donors (Lipinski definition) is 0. The van der Waals surface area contributed by atoms with Crippen LogP contribution in [-0.2, 0) is 4.74 Å². The smallest absolute Gasteiger partial charge is 0.338 e. The maximum Gasteiger partial charge on any atom is 0.338 e. The van der Waals surface area contributed by atoms with E-state index in [0.717, 1.165) is 10.0 Å². The number of alkyl halides is 1. The Labute approximate surface area is 174 Å². The van der Waals surface area contributed by atoms with E-state index in [9.17, 15) is 9.59 Å². The summed E-state index contributed by atoms with van der Waals surface area (Å²) in [4.78, 5) is 25.2. The van der Waals surface area contributed by atoms with Gasteiger partial charge in [-0.15, -0.1) is 0 Å². The molecule has 3 nitrogen and oxygen atoms in total. The summed E-state index contributed by atoms with van der Waals surface area (Å²) in [7, 11) is 0. The van der Waals surface area contributed by atoms with Gasteiger partial charge < -0.3 is 4.74 Å². The predicted molar refractivity (Wildman–Crippen MR) is 112 cm³/mol. The van der Waals surface area contributed by atoms with Gasteiger partial charge in [0.2, 0.25) is 5.78 Å². The molecule has 0 N–H and O–H groups in total. The molecule has 0 aliphatic heterocycles. The standard InChI is InChI=1S/C22H16Br2O3/c23-18-13-11-17(12-14-18)22(26)27-21(19(24)15-7-3-1-4-8-15)20(25)16-9-5-2-6-10-16/h1-14,19,21H/t19-,21+/m1/s1. The van der Waals surface area contributed by atoms with E-state index in [-0.39, 0.29) is 5.78 Å². The topological polar surface area (TPSA) is 43.4 Å². The lowest BCUT2D eigenvalue weighted by molar-refractivity contribution is 0.0282. The molecule has 0 saturated heterocycles. The highest BCUT2D eigenvalue weighted by atomic mass is 79.9. The predicted octanol–water partition coefficient (Wildman–Crippen LogP) is 5.99. The van der Waals surface area contributed by atoms with E-state index in [1.54, 1.807) is 48.5 Å². The molecule has 0 aliphatic rings. The van der Waals surface area contributed by atoms with Crippen molar-refractivity contribution in [1.29, 1.82) is 0 Å². The third kappa shape index (κ3) is 4.93. The third-order valence-electron chi connectivity index (χ3n) is 4.01. The van der Waals surface area contributed by atoms with Gasteiger partial charge in [0.05, 0.1) is 10.4 Å². The Morgan fingerprint density at radius 2 is 1.30 bits per heavy atom. The molecule has 5 heteroatoms. The summed E-state index contributed by atoms with van der Waals surface area (Å²) >= 11 is 6.90. The minimum absolute atomic E-state index is 0.258. The zero-order chi connectivity index (χ0) is 19.2. The van der Waals surface area contributed by atoms with E-state index in [4.69, 9.17) is 4.74 Å². The monoisotopic (exact) mass is 486 g/mol. The van der Waals surface area contributed by atoms with Gasteiger partial charge in [0.15, 0.2) is 6.10 Å². The fourth-order valence-corrected chi connectivity index (χ4v) is 3.51. The lowest BCUT2D eigenvalue weighted by atomic mass is 9.99. The van der Waals surface area contributed by atoms with E-state index in [1.165, 1.54) is 0 Å². The first kappa shape index (κ1) is 19.5. The average molecular weight is 488 g/mol. The summed E-state index contributed by atoms with van der Waals surface area (Å²) < 4.78 is 6.52. The van der Waals surface area contributed by atoms with Crippen LogP contribution in [0.15, 0.2) is 89.4 Å². The van der Waals surface area contributed by atoms with Crippen LogP contribution in [0.5, 0.6) is 0 Å². The first-order valence-electron chi connectivity index (χ1n) is 8.31. The number of ketones is 1. The van der Waals surface area contributed by atoms with Crippen molar-refractivity contribution in [3.8, 4) is 0 Å². The van der Waals surface area contributed by atoms with Crippen molar-refractivity contribution in [2.75, 3.05) is 0 Å². The largest absolute Gasteiger partial charge is 0.449 e. The molecule has 0 aliphatic carbocycles. The Kier molecular flexibility index (Phi) is 6.58. The lowest BCUT2D eigenvalue weighted by Gasteiger charge is -2.22. The Balaban J connectivity index is 1.90. The van der Waals surface area contributed by atoms with Gasteiger partial charge in [-0.25, -0.2) is 4.79 Å². The van der Waals surface area contributed by atoms with Crippen molar-refractivity contribution >= 4 is 43.6 Å². The molecule has 2 atom stereocenters. The first-order chi connectivity index (χ1) is 13.1. The first-order valence-corrected chi connectivity index (χ1v) is 10.0. The number of hydrogen-bond acceptors (Lipinski definition) is 3. The van der Waals surface area contributed by atoms with E-state index < -0.39 is 16.9 Å². The Hall–Kier alpha value is -2.24. The fraction of sp³-hybridized carbons (Fsp3) is 0.0909. The van der Waals surface area contributed by atoms with Crippen LogP contribution in [0, 0.1) is 0 Å². The van der Waals surface area contributed by atoms with Crippen LogP contribution in [0.1, 0.15) is 31.1 Å². The average Bonchev–Trinajstić information content (AvgIpc) is 2.72. The molecule has 0 spiro atoms. The number of ether oxygens (including phenoxy) is 1. The quantitative estimate of drug-likeness (QED) is 0.243. The van der Waals surface area contributed by atoms with Gasteiger partial charge >= 0.3 is 5.97 Å². The maximum absolute atomic E-state index is 13.1. The second-order valence-corrected chi connectivity index (χ2v) is 7.78. The van der Waals surface area contributed by atoms with Gasteiger partial charge in [-0.05, 0) is 29.8 Å². The summed E-state index contributed by atoms with van der Waals surface area (Å²) in [6, 6.07) is 25.1. The summed E-state index contributed by atoms with van der Waals surface area (Å²) in [6.45, 7) is 0. The zero-order valence-electron chi connectivity index (χ0n) is 14.2.